The van der Waals surface area contributed by atoms with Crippen LogP contribution < -0.4 is 4.90 Å². The highest BCUT2D eigenvalue weighted by molar-refractivity contribution is 6.63. The number of aromatic nitrogens is 2. The third-order valence-corrected chi connectivity index (χ3v) is 2.83. The van der Waals surface area contributed by atoms with E-state index in [1.165, 1.54) is 15.8 Å². The summed E-state index contributed by atoms with van der Waals surface area (Å²) in [5, 5.41) is -0.548. The molecule has 1 aliphatic rings. The van der Waals surface area contributed by atoms with E-state index in [1.807, 2.05) is 0 Å². The van der Waals surface area contributed by atoms with Gasteiger partial charge in [0.15, 0.2) is 11.5 Å². The van der Waals surface area contributed by atoms with Gasteiger partial charge < -0.3 is 9.47 Å². The number of rotatable bonds is 2. The van der Waals surface area contributed by atoms with Crippen molar-refractivity contribution in [3.8, 4) is 0 Å². The van der Waals surface area contributed by atoms with Crippen molar-refractivity contribution in [3.05, 3.63) is 24.4 Å². The summed E-state index contributed by atoms with van der Waals surface area (Å²) in [6, 6.07) is 0. The van der Waals surface area contributed by atoms with Gasteiger partial charge in [-0.25, -0.2) is 4.98 Å². The van der Waals surface area contributed by atoms with Crippen LogP contribution in [0.3, 0.4) is 0 Å². The minimum atomic E-state index is -0.548. The van der Waals surface area contributed by atoms with Gasteiger partial charge in [-0.05, 0) is 11.6 Å². The smallest absolute Gasteiger partial charge is 0.279 e. The van der Waals surface area contributed by atoms with Crippen LogP contribution in [0.1, 0.15) is 10.5 Å². The van der Waals surface area contributed by atoms with Gasteiger partial charge in [-0.1, -0.05) is 6.58 Å². The molecule has 1 aromatic heterocycles. The lowest BCUT2D eigenvalue weighted by Crippen LogP contribution is -2.41. The molecule has 0 fully saturated rings. The Kier molecular flexibility index (Phi) is 2.66. The summed E-state index contributed by atoms with van der Waals surface area (Å²) in [5.41, 5.74) is 0.344. The van der Waals surface area contributed by atoms with Crippen molar-refractivity contribution in [2.75, 3.05) is 19.0 Å². The molecule has 2 heterocycles. The highest BCUT2D eigenvalue weighted by Crippen LogP contribution is 2.28. The molecule has 90 valence electrons. The molecule has 0 saturated heterocycles. The molecule has 0 spiro atoms. The standard InChI is InChI=1S/C10H11ClN4O2/c1-6-13(2)9-8(10(17)14(6)3)15(5-12-9)4-7(11)16/h5H,1,4H2,2-3H3. The summed E-state index contributed by atoms with van der Waals surface area (Å²) < 4.78 is 1.44. The number of imidazole rings is 1. The molecule has 0 aromatic carbocycles. The van der Waals surface area contributed by atoms with Gasteiger partial charge in [-0.3, -0.25) is 14.5 Å². The van der Waals surface area contributed by atoms with Gasteiger partial charge in [0.05, 0.1) is 12.9 Å². The van der Waals surface area contributed by atoms with E-state index in [4.69, 9.17) is 11.6 Å². The molecule has 0 N–H and O–H groups in total. The van der Waals surface area contributed by atoms with E-state index in [0.717, 1.165) is 0 Å². The van der Waals surface area contributed by atoms with E-state index in [1.54, 1.807) is 19.0 Å². The number of anilines is 1. The molecule has 2 rings (SSSR count). The predicted octanol–water partition coefficient (Wildman–Crippen LogP) is 0.641. The Bertz CT molecular complexity index is 522. The SMILES string of the molecule is C=C1N(C)C(=O)c2c(ncn2CC(=O)Cl)N1C. The first-order valence-electron chi connectivity index (χ1n) is 4.87. The van der Waals surface area contributed by atoms with E-state index in [-0.39, 0.29) is 12.5 Å². The van der Waals surface area contributed by atoms with Crippen molar-refractivity contribution >= 4 is 28.6 Å². The molecule has 0 aliphatic carbocycles. The third-order valence-electron chi connectivity index (χ3n) is 2.71. The number of carbonyl (C=O) groups excluding carboxylic acids is 2. The van der Waals surface area contributed by atoms with E-state index >= 15 is 0 Å². The van der Waals surface area contributed by atoms with E-state index < -0.39 is 5.24 Å². The van der Waals surface area contributed by atoms with E-state index in [0.29, 0.717) is 17.3 Å². The summed E-state index contributed by atoms with van der Waals surface area (Å²) in [6.45, 7) is 3.70. The largest absolute Gasteiger partial charge is 0.316 e. The molecule has 0 bridgehead atoms. The van der Waals surface area contributed by atoms with Gasteiger partial charge in [0.1, 0.15) is 5.82 Å². The Labute approximate surface area is 103 Å². The van der Waals surface area contributed by atoms with Crippen LogP contribution in [0.2, 0.25) is 0 Å². The Morgan fingerprint density at radius 3 is 2.71 bits per heavy atom. The summed E-state index contributed by atoms with van der Waals surface area (Å²) in [7, 11) is 3.37. The molecule has 0 saturated carbocycles. The number of hydrogen-bond donors (Lipinski definition) is 0. The van der Waals surface area contributed by atoms with Gasteiger partial charge in [0.25, 0.3) is 5.91 Å². The molecule has 0 unspecified atom stereocenters. The summed E-state index contributed by atoms with van der Waals surface area (Å²) in [5.74, 6) is 0.763. The van der Waals surface area contributed by atoms with Crippen LogP contribution in [0.4, 0.5) is 5.82 Å². The fraction of sp³-hybridized carbons (Fsp3) is 0.300. The van der Waals surface area contributed by atoms with Crippen molar-refractivity contribution in [2.24, 2.45) is 0 Å². The summed E-state index contributed by atoms with van der Waals surface area (Å²) in [6.07, 6.45) is 1.42. The second kappa shape index (κ2) is 3.89. The van der Waals surface area contributed by atoms with Gasteiger partial charge in [-0.15, -0.1) is 0 Å². The lowest BCUT2D eigenvalue weighted by molar-refractivity contribution is -0.112. The first kappa shape index (κ1) is 11.7. The third kappa shape index (κ3) is 1.70. The second-order valence-electron chi connectivity index (χ2n) is 3.74. The van der Waals surface area contributed by atoms with Crippen LogP contribution in [0, 0.1) is 0 Å². The molecule has 6 nitrogen and oxygen atoms in total. The molecular formula is C10H11ClN4O2. The zero-order valence-corrected chi connectivity index (χ0v) is 10.2. The van der Waals surface area contributed by atoms with Crippen LogP contribution in [0.25, 0.3) is 0 Å². The van der Waals surface area contributed by atoms with Crippen LogP contribution in [0.5, 0.6) is 0 Å². The number of amides is 1. The monoisotopic (exact) mass is 254 g/mol. The average Bonchev–Trinajstić information content (AvgIpc) is 2.66. The Morgan fingerprint density at radius 2 is 2.12 bits per heavy atom. The number of nitrogens with zero attached hydrogens (tertiary/aromatic N) is 4. The quantitative estimate of drug-likeness (QED) is 0.727. The highest BCUT2D eigenvalue weighted by Gasteiger charge is 2.33. The summed E-state index contributed by atoms with van der Waals surface area (Å²) >= 11 is 5.32. The molecule has 0 radical (unpaired) electrons. The van der Waals surface area contributed by atoms with Crippen LogP contribution in [-0.2, 0) is 11.3 Å². The first-order chi connectivity index (χ1) is 7.93. The van der Waals surface area contributed by atoms with Crippen molar-refractivity contribution < 1.29 is 9.59 Å². The molecule has 7 heteroatoms. The van der Waals surface area contributed by atoms with Crippen molar-refractivity contribution in [2.45, 2.75) is 6.54 Å². The molecule has 17 heavy (non-hydrogen) atoms. The van der Waals surface area contributed by atoms with Crippen LogP contribution >= 0.6 is 11.6 Å². The summed E-state index contributed by atoms with van der Waals surface area (Å²) in [4.78, 5) is 30.1. The lowest BCUT2D eigenvalue weighted by Gasteiger charge is -2.32. The first-order valence-corrected chi connectivity index (χ1v) is 5.25. The van der Waals surface area contributed by atoms with Crippen molar-refractivity contribution in [3.63, 3.8) is 0 Å². The number of hydrogen-bond acceptors (Lipinski definition) is 4. The zero-order chi connectivity index (χ0) is 12.7. The van der Waals surface area contributed by atoms with Gasteiger partial charge >= 0.3 is 0 Å². The van der Waals surface area contributed by atoms with E-state index in [9.17, 15) is 9.59 Å². The molecule has 1 amide bonds. The topological polar surface area (TPSA) is 58.4 Å². The average molecular weight is 255 g/mol. The Balaban J connectivity index is 2.53. The van der Waals surface area contributed by atoms with Crippen LogP contribution in [-0.4, -0.2) is 39.7 Å². The lowest BCUT2D eigenvalue weighted by atomic mass is 10.3. The minimum absolute atomic E-state index is 0.0796. The fourth-order valence-corrected chi connectivity index (χ4v) is 1.84. The molecule has 0 atom stereocenters. The Hall–Kier alpha value is -1.82. The fourth-order valence-electron chi connectivity index (χ4n) is 1.71. The molecular weight excluding hydrogens is 244 g/mol. The maximum Gasteiger partial charge on any atom is 0.279 e. The zero-order valence-electron chi connectivity index (χ0n) is 9.47. The Morgan fingerprint density at radius 1 is 1.47 bits per heavy atom. The number of carbonyl (C=O) groups is 2. The highest BCUT2D eigenvalue weighted by atomic mass is 35.5. The molecule has 1 aromatic rings. The normalized spacial score (nSPS) is 15.2. The van der Waals surface area contributed by atoms with Gasteiger partial charge in [0.2, 0.25) is 5.24 Å². The van der Waals surface area contributed by atoms with Gasteiger partial charge in [0, 0.05) is 14.1 Å². The minimum Gasteiger partial charge on any atom is -0.316 e. The van der Waals surface area contributed by atoms with Gasteiger partial charge in [-0.2, -0.15) is 0 Å². The molecule has 1 aliphatic heterocycles. The predicted molar refractivity (Wildman–Crippen MR) is 62.7 cm³/mol. The number of halogens is 1. The maximum atomic E-state index is 12.1. The maximum absolute atomic E-state index is 12.1. The number of fused-ring (bicyclic) bond motifs is 1. The van der Waals surface area contributed by atoms with Crippen LogP contribution in [0.15, 0.2) is 18.7 Å². The second-order valence-corrected chi connectivity index (χ2v) is 4.16. The van der Waals surface area contributed by atoms with Crippen molar-refractivity contribution in [1.29, 1.82) is 0 Å². The van der Waals surface area contributed by atoms with E-state index in [2.05, 4.69) is 11.6 Å². The van der Waals surface area contributed by atoms with Crippen molar-refractivity contribution in [1.82, 2.24) is 14.5 Å².